The van der Waals surface area contributed by atoms with E-state index in [1.807, 2.05) is 32.9 Å². The van der Waals surface area contributed by atoms with Crippen molar-refractivity contribution in [3.63, 3.8) is 0 Å². The molecule has 1 aliphatic heterocycles. The number of aryl methyl sites for hydroxylation is 2. The Morgan fingerprint density at radius 2 is 1.82 bits per heavy atom. The number of carboxylic acids is 1. The predicted molar refractivity (Wildman–Crippen MR) is 160 cm³/mol. The normalized spacial score (nSPS) is 15.1. The van der Waals surface area contributed by atoms with E-state index in [-0.39, 0.29) is 5.91 Å². The van der Waals surface area contributed by atoms with Crippen LogP contribution in [0.2, 0.25) is 5.02 Å². The molecule has 1 N–H and O–H groups in total. The van der Waals surface area contributed by atoms with E-state index in [0.717, 1.165) is 59.9 Å². The lowest BCUT2D eigenvalue weighted by atomic mass is 9.80. The maximum absolute atomic E-state index is 13.4. The highest BCUT2D eigenvalue weighted by atomic mass is 35.5. The summed E-state index contributed by atoms with van der Waals surface area (Å²) in [7, 11) is 0. The fourth-order valence-electron chi connectivity index (χ4n) is 4.88. The Bertz CT molecular complexity index is 1330. The van der Waals surface area contributed by atoms with E-state index in [2.05, 4.69) is 22.0 Å². The van der Waals surface area contributed by atoms with Crippen molar-refractivity contribution in [1.82, 2.24) is 15.1 Å². The van der Waals surface area contributed by atoms with Crippen LogP contribution in [0.3, 0.4) is 0 Å². The molecule has 1 aliphatic rings. The number of likely N-dealkylation sites (tertiary alicyclic amines) is 1. The van der Waals surface area contributed by atoms with Gasteiger partial charge in [-0.1, -0.05) is 48.4 Å². The van der Waals surface area contributed by atoms with Crippen molar-refractivity contribution < 1.29 is 19.4 Å². The molecule has 4 rings (SSSR count). The molecule has 0 atom stereocenters. The molecule has 1 amide bonds. The summed E-state index contributed by atoms with van der Waals surface area (Å²) in [6, 6.07) is 11.1. The first-order chi connectivity index (χ1) is 19.1. The number of benzene rings is 2. The largest absolute Gasteiger partial charge is 0.492 e. The second-order valence-electron chi connectivity index (χ2n) is 10.7. The number of rotatable bonds is 11. The number of ether oxygens (including phenoxy) is 1. The molecule has 40 heavy (non-hydrogen) atoms. The number of aromatic nitrogens is 2. The van der Waals surface area contributed by atoms with Gasteiger partial charge in [0.1, 0.15) is 17.4 Å². The average molecular weight is 585 g/mol. The minimum absolute atomic E-state index is 0.181. The van der Waals surface area contributed by atoms with Gasteiger partial charge in [0.25, 0.3) is 5.91 Å². The molecule has 0 unspecified atom stereocenters. The van der Waals surface area contributed by atoms with Crippen molar-refractivity contribution in [1.29, 1.82) is 0 Å². The second-order valence-corrected chi connectivity index (χ2v) is 12.0. The summed E-state index contributed by atoms with van der Waals surface area (Å²) in [6.45, 7) is 11.3. The third-order valence-electron chi connectivity index (χ3n) is 7.57. The molecule has 1 saturated heterocycles. The van der Waals surface area contributed by atoms with Gasteiger partial charge in [-0.05, 0) is 88.5 Å². The minimum Gasteiger partial charge on any atom is -0.492 e. The standard InChI is InChI=1S/C30H37ClN4O4S/c1-5-6-13-35(27(36)23-9-7-8-10-24(23)31)29-33-32-26(40-29)22-18-20(2)25(21(3)19-22)39-17-16-34-14-11-30(4,12-15-34)28(37)38/h7-10,18-19H,5-6,11-17H2,1-4H3,(H,37,38). The Balaban J connectivity index is 1.44. The van der Waals surface area contributed by atoms with Gasteiger partial charge in [-0.25, -0.2) is 0 Å². The Hall–Kier alpha value is -3.01. The van der Waals surface area contributed by atoms with Gasteiger partial charge < -0.3 is 9.84 Å². The molecule has 1 aromatic heterocycles. The molecule has 8 nitrogen and oxygen atoms in total. The Morgan fingerprint density at radius 1 is 1.15 bits per heavy atom. The SMILES string of the molecule is CCCCN(C(=O)c1ccccc1Cl)c1nnc(-c2cc(C)c(OCCN3CCC(C)(C(=O)O)CC3)c(C)c2)s1. The molecule has 214 valence electrons. The van der Waals surface area contributed by atoms with Crippen LogP contribution in [-0.2, 0) is 4.79 Å². The van der Waals surface area contributed by atoms with Crippen LogP contribution in [-0.4, -0.2) is 64.9 Å². The third-order valence-corrected chi connectivity index (χ3v) is 8.89. The van der Waals surface area contributed by atoms with E-state index in [0.29, 0.717) is 41.7 Å². The Labute approximate surface area is 244 Å². The van der Waals surface area contributed by atoms with Crippen LogP contribution in [0.5, 0.6) is 5.75 Å². The number of hydrogen-bond acceptors (Lipinski definition) is 7. The molecule has 0 radical (unpaired) electrons. The monoisotopic (exact) mass is 584 g/mol. The molecule has 0 spiro atoms. The molecule has 2 heterocycles. The van der Waals surface area contributed by atoms with Gasteiger partial charge in [0, 0.05) is 18.7 Å². The van der Waals surface area contributed by atoms with Crippen molar-refractivity contribution in [2.24, 2.45) is 5.41 Å². The quantitative estimate of drug-likeness (QED) is 0.275. The molecular weight excluding hydrogens is 548 g/mol. The summed E-state index contributed by atoms with van der Waals surface area (Å²) in [4.78, 5) is 28.8. The zero-order valence-corrected chi connectivity index (χ0v) is 25.1. The van der Waals surface area contributed by atoms with Gasteiger partial charge in [0.2, 0.25) is 5.13 Å². The number of carbonyl (C=O) groups excluding carboxylic acids is 1. The number of nitrogens with zero attached hydrogens (tertiary/aromatic N) is 4. The van der Waals surface area contributed by atoms with Gasteiger partial charge in [0.15, 0.2) is 0 Å². The smallest absolute Gasteiger partial charge is 0.309 e. The van der Waals surface area contributed by atoms with Crippen LogP contribution in [0.25, 0.3) is 10.6 Å². The van der Waals surface area contributed by atoms with E-state index in [9.17, 15) is 14.7 Å². The van der Waals surface area contributed by atoms with Gasteiger partial charge in [-0.15, -0.1) is 10.2 Å². The van der Waals surface area contributed by atoms with Crippen LogP contribution in [0.4, 0.5) is 5.13 Å². The molecule has 0 saturated carbocycles. The van der Waals surface area contributed by atoms with Crippen LogP contribution in [0.1, 0.15) is 61.0 Å². The highest BCUT2D eigenvalue weighted by Crippen LogP contribution is 2.35. The second kappa shape index (κ2) is 13.1. The average Bonchev–Trinajstić information content (AvgIpc) is 3.41. The van der Waals surface area contributed by atoms with E-state index >= 15 is 0 Å². The number of carbonyl (C=O) groups is 2. The van der Waals surface area contributed by atoms with Crippen LogP contribution in [0.15, 0.2) is 36.4 Å². The predicted octanol–water partition coefficient (Wildman–Crippen LogP) is 6.49. The maximum atomic E-state index is 13.4. The Kier molecular flexibility index (Phi) is 9.81. The fourth-order valence-corrected chi connectivity index (χ4v) is 5.96. The number of amides is 1. The van der Waals surface area contributed by atoms with E-state index in [4.69, 9.17) is 16.3 Å². The summed E-state index contributed by atoms with van der Waals surface area (Å²) < 4.78 is 6.18. The van der Waals surface area contributed by atoms with Crippen molar-refractivity contribution in [2.75, 3.05) is 37.7 Å². The van der Waals surface area contributed by atoms with E-state index in [1.165, 1.54) is 11.3 Å². The van der Waals surface area contributed by atoms with Crippen LogP contribution >= 0.6 is 22.9 Å². The van der Waals surface area contributed by atoms with Gasteiger partial charge >= 0.3 is 5.97 Å². The number of halogens is 1. The minimum atomic E-state index is -0.710. The van der Waals surface area contributed by atoms with Gasteiger partial charge in [-0.2, -0.15) is 0 Å². The molecular formula is C30H37ClN4O4S. The van der Waals surface area contributed by atoms with Crippen molar-refractivity contribution >= 4 is 39.9 Å². The summed E-state index contributed by atoms with van der Waals surface area (Å²) in [6.07, 6.45) is 3.08. The van der Waals surface area contributed by atoms with Crippen LogP contribution in [0, 0.1) is 19.3 Å². The number of unbranched alkanes of at least 4 members (excludes halogenated alkanes) is 1. The first-order valence-corrected chi connectivity index (χ1v) is 14.9. The first-order valence-electron chi connectivity index (χ1n) is 13.7. The maximum Gasteiger partial charge on any atom is 0.309 e. The molecule has 0 aliphatic carbocycles. The fraction of sp³-hybridized carbons (Fsp3) is 0.467. The summed E-state index contributed by atoms with van der Waals surface area (Å²) in [5, 5.41) is 19.9. The third kappa shape index (κ3) is 6.82. The number of aliphatic carboxylic acids is 1. The molecule has 0 bridgehead atoms. The molecule has 2 aromatic carbocycles. The number of carboxylic acid groups (broad SMARTS) is 1. The zero-order chi connectivity index (χ0) is 28.9. The van der Waals surface area contributed by atoms with Crippen LogP contribution < -0.4 is 9.64 Å². The van der Waals surface area contributed by atoms with Crippen molar-refractivity contribution in [2.45, 2.75) is 53.4 Å². The van der Waals surface area contributed by atoms with Gasteiger partial charge in [-0.3, -0.25) is 19.4 Å². The molecule has 3 aromatic rings. The number of anilines is 1. The van der Waals surface area contributed by atoms with E-state index in [1.54, 1.807) is 29.2 Å². The number of hydrogen-bond donors (Lipinski definition) is 1. The summed E-state index contributed by atoms with van der Waals surface area (Å²) >= 11 is 7.71. The first kappa shape index (κ1) is 30.0. The summed E-state index contributed by atoms with van der Waals surface area (Å²) in [5.74, 6) is -0.0448. The lowest BCUT2D eigenvalue weighted by Gasteiger charge is -2.36. The van der Waals surface area contributed by atoms with Crippen molar-refractivity contribution in [3.05, 3.63) is 58.1 Å². The lowest BCUT2D eigenvalue weighted by Crippen LogP contribution is -2.43. The zero-order valence-electron chi connectivity index (χ0n) is 23.6. The highest BCUT2D eigenvalue weighted by molar-refractivity contribution is 7.18. The lowest BCUT2D eigenvalue weighted by molar-refractivity contribution is -0.150. The highest BCUT2D eigenvalue weighted by Gasteiger charge is 2.36. The topological polar surface area (TPSA) is 95.9 Å². The van der Waals surface area contributed by atoms with E-state index < -0.39 is 11.4 Å². The molecule has 1 fully saturated rings. The van der Waals surface area contributed by atoms with Gasteiger partial charge in [0.05, 0.1) is 16.0 Å². The number of piperidine rings is 1. The molecule has 10 heteroatoms. The van der Waals surface area contributed by atoms with Crippen molar-refractivity contribution in [3.8, 4) is 16.3 Å². The summed E-state index contributed by atoms with van der Waals surface area (Å²) in [5.41, 5.74) is 2.75. The Morgan fingerprint density at radius 3 is 2.45 bits per heavy atom.